The van der Waals surface area contributed by atoms with Gasteiger partial charge in [-0.25, -0.2) is 8.42 Å². The van der Waals surface area contributed by atoms with E-state index in [1.807, 2.05) is 27.7 Å². The molecule has 2 unspecified atom stereocenters. The van der Waals surface area contributed by atoms with Gasteiger partial charge in [0.1, 0.15) is 0 Å². The zero-order valence-corrected chi connectivity index (χ0v) is 11.0. The predicted molar refractivity (Wildman–Crippen MR) is 64.2 cm³/mol. The van der Waals surface area contributed by atoms with Crippen molar-refractivity contribution in [3.63, 3.8) is 0 Å². The van der Waals surface area contributed by atoms with Crippen LogP contribution in [0.3, 0.4) is 0 Å². The van der Waals surface area contributed by atoms with Crippen LogP contribution in [0.15, 0.2) is 0 Å². The zero-order chi connectivity index (χ0) is 12.1. The number of nitrogens with two attached hydrogens (primary N) is 1. The topological polar surface area (TPSA) is 63.4 Å². The van der Waals surface area contributed by atoms with Gasteiger partial charge in [-0.2, -0.15) is 4.31 Å². The average molecular weight is 236 g/mol. The molecule has 0 aromatic rings. The highest BCUT2D eigenvalue weighted by Gasteiger charge is 2.31. The molecule has 0 aliphatic heterocycles. The molecular weight excluding hydrogens is 212 g/mol. The van der Waals surface area contributed by atoms with Crippen molar-refractivity contribution in [3.8, 4) is 0 Å². The van der Waals surface area contributed by atoms with Crippen LogP contribution in [0.25, 0.3) is 0 Å². The van der Waals surface area contributed by atoms with E-state index in [4.69, 9.17) is 5.73 Å². The van der Waals surface area contributed by atoms with Crippen molar-refractivity contribution in [3.05, 3.63) is 0 Å². The van der Waals surface area contributed by atoms with Crippen LogP contribution in [0.4, 0.5) is 0 Å². The standard InChI is InChI=1S/C10H24N2O2S/c1-5-9(4)12(7-3)15(13,14)10(6-2)8-11/h9-10H,5-8,11H2,1-4H3. The first kappa shape index (κ1) is 14.9. The van der Waals surface area contributed by atoms with E-state index in [0.29, 0.717) is 13.0 Å². The Morgan fingerprint density at radius 3 is 2.00 bits per heavy atom. The van der Waals surface area contributed by atoms with Gasteiger partial charge in [0, 0.05) is 19.1 Å². The molecule has 0 saturated heterocycles. The van der Waals surface area contributed by atoms with Crippen LogP contribution in [0.5, 0.6) is 0 Å². The van der Waals surface area contributed by atoms with Gasteiger partial charge in [-0.15, -0.1) is 0 Å². The Hall–Kier alpha value is -0.130. The number of hydrogen-bond acceptors (Lipinski definition) is 3. The minimum atomic E-state index is -3.22. The molecule has 92 valence electrons. The lowest BCUT2D eigenvalue weighted by atomic mass is 10.3. The third-order valence-electron chi connectivity index (χ3n) is 2.86. The van der Waals surface area contributed by atoms with Crippen LogP contribution in [-0.4, -0.2) is 37.1 Å². The van der Waals surface area contributed by atoms with Crippen LogP contribution in [0, 0.1) is 0 Å². The number of hydrogen-bond donors (Lipinski definition) is 1. The van der Waals surface area contributed by atoms with E-state index in [9.17, 15) is 8.42 Å². The zero-order valence-electron chi connectivity index (χ0n) is 10.2. The van der Waals surface area contributed by atoms with Gasteiger partial charge in [0.25, 0.3) is 0 Å². The van der Waals surface area contributed by atoms with E-state index >= 15 is 0 Å². The summed E-state index contributed by atoms with van der Waals surface area (Å²) in [5, 5.41) is -0.438. The number of nitrogens with zero attached hydrogens (tertiary/aromatic N) is 1. The van der Waals surface area contributed by atoms with E-state index in [-0.39, 0.29) is 12.6 Å². The predicted octanol–water partition coefficient (Wildman–Crippen LogP) is 1.17. The van der Waals surface area contributed by atoms with Crippen LogP contribution in [-0.2, 0) is 10.0 Å². The van der Waals surface area contributed by atoms with Crippen molar-refractivity contribution >= 4 is 10.0 Å². The van der Waals surface area contributed by atoms with Crippen molar-refractivity contribution in [2.24, 2.45) is 5.73 Å². The highest BCUT2D eigenvalue weighted by atomic mass is 32.2. The molecule has 0 bridgehead atoms. The fourth-order valence-corrected chi connectivity index (χ4v) is 3.69. The Balaban J connectivity index is 4.96. The Kier molecular flexibility index (Phi) is 6.40. The van der Waals surface area contributed by atoms with Gasteiger partial charge in [0.15, 0.2) is 0 Å². The summed E-state index contributed by atoms with van der Waals surface area (Å²) < 4.78 is 25.9. The lowest BCUT2D eigenvalue weighted by molar-refractivity contribution is 0.337. The minimum Gasteiger partial charge on any atom is -0.329 e. The molecule has 0 amide bonds. The molecule has 0 aliphatic carbocycles. The summed E-state index contributed by atoms with van der Waals surface area (Å²) >= 11 is 0. The quantitative estimate of drug-likeness (QED) is 0.722. The molecule has 0 aromatic carbocycles. The molecule has 0 aliphatic rings. The molecule has 15 heavy (non-hydrogen) atoms. The maximum Gasteiger partial charge on any atom is 0.218 e. The second kappa shape index (κ2) is 6.45. The highest BCUT2D eigenvalue weighted by molar-refractivity contribution is 7.89. The van der Waals surface area contributed by atoms with E-state index < -0.39 is 15.3 Å². The Morgan fingerprint density at radius 1 is 1.20 bits per heavy atom. The Morgan fingerprint density at radius 2 is 1.73 bits per heavy atom. The van der Waals surface area contributed by atoms with Crippen LogP contribution in [0.1, 0.15) is 40.5 Å². The van der Waals surface area contributed by atoms with Gasteiger partial charge < -0.3 is 5.73 Å². The molecule has 0 spiro atoms. The monoisotopic (exact) mass is 236 g/mol. The Labute approximate surface area is 93.9 Å². The number of rotatable bonds is 7. The fourth-order valence-electron chi connectivity index (χ4n) is 1.64. The van der Waals surface area contributed by atoms with Gasteiger partial charge in [0.2, 0.25) is 10.0 Å². The minimum absolute atomic E-state index is 0.0561. The first-order valence-corrected chi connectivity index (χ1v) is 7.16. The summed E-state index contributed by atoms with van der Waals surface area (Å²) in [5.74, 6) is 0. The second-order valence-electron chi connectivity index (χ2n) is 3.77. The van der Waals surface area contributed by atoms with Crippen molar-refractivity contribution < 1.29 is 8.42 Å². The molecule has 0 fully saturated rings. The summed E-state index contributed by atoms with van der Waals surface area (Å²) in [4.78, 5) is 0. The smallest absolute Gasteiger partial charge is 0.218 e. The fraction of sp³-hybridized carbons (Fsp3) is 1.00. The van der Waals surface area contributed by atoms with Gasteiger partial charge in [-0.3, -0.25) is 0 Å². The molecule has 4 nitrogen and oxygen atoms in total. The first-order chi connectivity index (χ1) is 6.95. The van der Waals surface area contributed by atoms with Gasteiger partial charge in [-0.05, 0) is 19.8 Å². The van der Waals surface area contributed by atoms with E-state index in [0.717, 1.165) is 6.42 Å². The molecule has 0 aromatic heterocycles. The number of sulfonamides is 1. The van der Waals surface area contributed by atoms with Gasteiger partial charge in [-0.1, -0.05) is 20.8 Å². The van der Waals surface area contributed by atoms with E-state index in [1.54, 1.807) is 4.31 Å². The molecule has 0 saturated carbocycles. The van der Waals surface area contributed by atoms with Crippen molar-refractivity contribution in [2.75, 3.05) is 13.1 Å². The summed E-state index contributed by atoms with van der Waals surface area (Å²) in [6.45, 7) is 8.38. The van der Waals surface area contributed by atoms with Crippen LogP contribution < -0.4 is 5.73 Å². The second-order valence-corrected chi connectivity index (χ2v) is 5.94. The third-order valence-corrected chi connectivity index (χ3v) is 5.50. The lowest BCUT2D eigenvalue weighted by Crippen LogP contribution is -2.45. The van der Waals surface area contributed by atoms with E-state index in [1.165, 1.54) is 0 Å². The molecular formula is C10H24N2O2S. The van der Waals surface area contributed by atoms with Gasteiger partial charge in [0.05, 0.1) is 5.25 Å². The molecule has 0 rings (SSSR count). The summed E-state index contributed by atoms with van der Waals surface area (Å²) in [7, 11) is -3.22. The third kappa shape index (κ3) is 3.43. The average Bonchev–Trinajstić information content (AvgIpc) is 2.19. The van der Waals surface area contributed by atoms with Crippen LogP contribution in [0.2, 0.25) is 0 Å². The maximum atomic E-state index is 12.2. The van der Waals surface area contributed by atoms with Crippen LogP contribution >= 0.6 is 0 Å². The molecule has 0 radical (unpaired) electrons. The first-order valence-electron chi connectivity index (χ1n) is 5.66. The molecule has 0 heterocycles. The summed E-state index contributed by atoms with van der Waals surface area (Å²) in [5.41, 5.74) is 5.50. The lowest BCUT2D eigenvalue weighted by Gasteiger charge is -2.29. The largest absolute Gasteiger partial charge is 0.329 e. The molecule has 5 heteroatoms. The van der Waals surface area contributed by atoms with Gasteiger partial charge >= 0.3 is 0 Å². The summed E-state index contributed by atoms with van der Waals surface area (Å²) in [6, 6.07) is 0.0561. The highest BCUT2D eigenvalue weighted by Crippen LogP contribution is 2.16. The normalized spacial score (nSPS) is 16.7. The molecule has 2 N–H and O–H groups in total. The van der Waals surface area contributed by atoms with E-state index in [2.05, 4.69) is 0 Å². The Bertz CT molecular complexity index is 261. The van der Waals surface area contributed by atoms with Crippen molar-refractivity contribution in [1.82, 2.24) is 4.31 Å². The van der Waals surface area contributed by atoms with Crippen molar-refractivity contribution in [2.45, 2.75) is 51.8 Å². The SMILES string of the molecule is CCC(C)N(CC)S(=O)(=O)C(CC)CN. The summed E-state index contributed by atoms with van der Waals surface area (Å²) in [6.07, 6.45) is 1.40. The molecule has 2 atom stereocenters. The maximum absolute atomic E-state index is 12.2. The van der Waals surface area contributed by atoms with Crippen molar-refractivity contribution in [1.29, 1.82) is 0 Å².